The van der Waals surface area contributed by atoms with Crippen molar-refractivity contribution in [3.63, 3.8) is 0 Å². The normalized spacial score (nSPS) is 15.7. The highest BCUT2D eigenvalue weighted by Gasteiger charge is 2.29. The summed E-state index contributed by atoms with van der Waals surface area (Å²) < 4.78 is 7.44. The number of hydrogen-bond acceptors (Lipinski definition) is 4. The number of nitrogens with one attached hydrogen (secondary N) is 1. The van der Waals surface area contributed by atoms with Gasteiger partial charge in [0.2, 0.25) is 0 Å². The summed E-state index contributed by atoms with van der Waals surface area (Å²) in [5.41, 5.74) is 2.34. The Morgan fingerprint density at radius 1 is 1.28 bits per heavy atom. The van der Waals surface area contributed by atoms with Gasteiger partial charge in [-0.2, -0.15) is 0 Å². The molecule has 6 nitrogen and oxygen atoms in total. The van der Waals surface area contributed by atoms with Crippen LogP contribution in [0.2, 0.25) is 0 Å². The number of imidazole rings is 1. The van der Waals surface area contributed by atoms with Gasteiger partial charge in [0.05, 0.1) is 17.1 Å². The fourth-order valence-corrected chi connectivity index (χ4v) is 3.20. The second kappa shape index (κ2) is 6.02. The predicted octanol–water partition coefficient (Wildman–Crippen LogP) is 3.97. The molecule has 3 aromatic rings. The Hall–Kier alpha value is -2.63. The monoisotopic (exact) mass is 338 g/mol. The molecule has 25 heavy (non-hydrogen) atoms. The molecule has 1 aliphatic rings. The maximum Gasteiger partial charge on any atom is 0.274 e. The minimum Gasteiger partial charge on any atom is -0.360 e. The molecule has 1 N–H and O–H groups in total. The number of fused-ring (bicyclic) bond motifs is 1. The summed E-state index contributed by atoms with van der Waals surface area (Å²) in [5, 5.41) is 6.91. The standard InChI is InChI=1S/C19H22N4O2/c1-11(2)23-16-7-5-4-6-14(16)21-18(23)12(3)20-19(24)15-10-17(25-22-15)13-8-9-13/h4-7,10-13H,8-9H2,1-3H3,(H,20,24). The molecule has 1 atom stereocenters. The molecule has 1 fully saturated rings. The van der Waals surface area contributed by atoms with Crippen LogP contribution in [0.5, 0.6) is 0 Å². The molecule has 1 aliphatic carbocycles. The van der Waals surface area contributed by atoms with Crippen molar-refractivity contribution < 1.29 is 9.32 Å². The molecule has 0 bridgehead atoms. The third-order valence-corrected chi connectivity index (χ3v) is 4.62. The average Bonchev–Trinajstić information content (AvgIpc) is 3.18. The van der Waals surface area contributed by atoms with E-state index in [4.69, 9.17) is 9.51 Å². The quantitative estimate of drug-likeness (QED) is 0.764. The zero-order valence-electron chi connectivity index (χ0n) is 14.7. The summed E-state index contributed by atoms with van der Waals surface area (Å²) in [5.74, 6) is 1.87. The van der Waals surface area contributed by atoms with Crippen molar-refractivity contribution in [1.82, 2.24) is 20.0 Å². The molecule has 2 aromatic heterocycles. The number of carbonyl (C=O) groups is 1. The Bertz CT molecular complexity index is 921. The van der Waals surface area contributed by atoms with Crippen molar-refractivity contribution in [2.45, 2.75) is 51.6 Å². The van der Waals surface area contributed by atoms with E-state index in [1.807, 2.05) is 25.1 Å². The van der Waals surface area contributed by atoms with Crippen molar-refractivity contribution in [2.75, 3.05) is 0 Å². The zero-order chi connectivity index (χ0) is 17.6. The first-order valence-corrected chi connectivity index (χ1v) is 8.79. The van der Waals surface area contributed by atoms with Crippen molar-refractivity contribution >= 4 is 16.9 Å². The molecule has 0 spiro atoms. The van der Waals surface area contributed by atoms with E-state index in [0.717, 1.165) is 35.5 Å². The summed E-state index contributed by atoms with van der Waals surface area (Å²) in [6.07, 6.45) is 2.23. The van der Waals surface area contributed by atoms with E-state index in [-0.39, 0.29) is 18.0 Å². The molecule has 6 heteroatoms. The van der Waals surface area contributed by atoms with Crippen LogP contribution in [0.3, 0.4) is 0 Å². The lowest BCUT2D eigenvalue weighted by Gasteiger charge is -2.18. The lowest BCUT2D eigenvalue weighted by Crippen LogP contribution is -2.29. The molecule has 0 aliphatic heterocycles. The van der Waals surface area contributed by atoms with Gasteiger partial charge >= 0.3 is 0 Å². The van der Waals surface area contributed by atoms with Gasteiger partial charge in [0.25, 0.3) is 5.91 Å². The van der Waals surface area contributed by atoms with E-state index in [1.165, 1.54) is 0 Å². The molecule has 4 rings (SSSR count). The highest BCUT2D eigenvalue weighted by atomic mass is 16.5. The number of nitrogens with zero attached hydrogens (tertiary/aromatic N) is 3. The van der Waals surface area contributed by atoms with Crippen molar-refractivity contribution in [3.8, 4) is 0 Å². The van der Waals surface area contributed by atoms with Crippen LogP contribution in [0.1, 0.15) is 73.7 Å². The summed E-state index contributed by atoms with van der Waals surface area (Å²) in [7, 11) is 0. The SMILES string of the molecule is CC(NC(=O)c1cc(C2CC2)on1)c1nc2ccccc2n1C(C)C. The van der Waals surface area contributed by atoms with Crippen LogP contribution >= 0.6 is 0 Å². The highest BCUT2D eigenvalue weighted by Crippen LogP contribution is 2.40. The first-order valence-electron chi connectivity index (χ1n) is 8.79. The summed E-state index contributed by atoms with van der Waals surface area (Å²) >= 11 is 0. The summed E-state index contributed by atoms with van der Waals surface area (Å²) in [6, 6.07) is 9.79. The molecule has 0 saturated heterocycles. The molecular formula is C19H22N4O2. The summed E-state index contributed by atoms with van der Waals surface area (Å²) in [4.78, 5) is 17.2. The van der Waals surface area contributed by atoms with Gasteiger partial charge in [-0.05, 0) is 45.7 Å². The van der Waals surface area contributed by atoms with Gasteiger partial charge in [0, 0.05) is 18.0 Å². The molecule has 1 unspecified atom stereocenters. The Labute approximate surface area is 146 Å². The third kappa shape index (κ3) is 2.92. The summed E-state index contributed by atoms with van der Waals surface area (Å²) in [6.45, 7) is 6.18. The maximum absolute atomic E-state index is 12.5. The Morgan fingerprint density at radius 3 is 2.76 bits per heavy atom. The zero-order valence-corrected chi connectivity index (χ0v) is 14.7. The molecule has 1 aromatic carbocycles. The molecule has 130 valence electrons. The van der Waals surface area contributed by atoms with Crippen LogP contribution in [-0.2, 0) is 0 Å². The Morgan fingerprint density at radius 2 is 2.04 bits per heavy atom. The van der Waals surface area contributed by atoms with E-state index < -0.39 is 0 Å². The Balaban J connectivity index is 1.59. The first-order chi connectivity index (χ1) is 12.0. The minimum atomic E-state index is -0.233. The average molecular weight is 338 g/mol. The molecular weight excluding hydrogens is 316 g/mol. The van der Waals surface area contributed by atoms with Gasteiger partial charge in [-0.3, -0.25) is 4.79 Å². The van der Waals surface area contributed by atoms with Crippen LogP contribution in [0.4, 0.5) is 0 Å². The molecule has 0 radical (unpaired) electrons. The van der Waals surface area contributed by atoms with E-state index in [1.54, 1.807) is 6.07 Å². The van der Waals surface area contributed by atoms with Crippen LogP contribution in [0, 0.1) is 0 Å². The number of amides is 1. The number of para-hydroxylation sites is 2. The number of hydrogen-bond donors (Lipinski definition) is 1. The highest BCUT2D eigenvalue weighted by molar-refractivity contribution is 5.92. The number of benzene rings is 1. The lowest BCUT2D eigenvalue weighted by molar-refractivity contribution is 0.0928. The van der Waals surface area contributed by atoms with Crippen LogP contribution < -0.4 is 5.32 Å². The topological polar surface area (TPSA) is 73.0 Å². The van der Waals surface area contributed by atoms with E-state index in [9.17, 15) is 4.79 Å². The van der Waals surface area contributed by atoms with E-state index in [2.05, 4.69) is 35.0 Å². The smallest absolute Gasteiger partial charge is 0.274 e. The van der Waals surface area contributed by atoms with E-state index >= 15 is 0 Å². The van der Waals surface area contributed by atoms with Crippen LogP contribution in [0.15, 0.2) is 34.9 Å². The van der Waals surface area contributed by atoms with Gasteiger partial charge in [-0.15, -0.1) is 0 Å². The third-order valence-electron chi connectivity index (χ3n) is 4.62. The Kier molecular flexibility index (Phi) is 3.82. The number of aromatic nitrogens is 3. The second-order valence-electron chi connectivity index (χ2n) is 7.01. The number of carbonyl (C=O) groups excluding carboxylic acids is 1. The predicted molar refractivity (Wildman–Crippen MR) is 94.5 cm³/mol. The largest absolute Gasteiger partial charge is 0.360 e. The van der Waals surface area contributed by atoms with Crippen LogP contribution in [-0.4, -0.2) is 20.6 Å². The molecule has 1 saturated carbocycles. The first kappa shape index (κ1) is 15.9. The second-order valence-corrected chi connectivity index (χ2v) is 7.01. The fraction of sp³-hybridized carbons (Fsp3) is 0.421. The van der Waals surface area contributed by atoms with Gasteiger partial charge < -0.3 is 14.4 Å². The van der Waals surface area contributed by atoms with Gasteiger partial charge in [0.1, 0.15) is 11.6 Å². The maximum atomic E-state index is 12.5. The molecule has 1 amide bonds. The fourth-order valence-electron chi connectivity index (χ4n) is 3.20. The van der Waals surface area contributed by atoms with E-state index in [0.29, 0.717) is 11.6 Å². The van der Waals surface area contributed by atoms with Gasteiger partial charge in [-0.1, -0.05) is 17.3 Å². The van der Waals surface area contributed by atoms with Gasteiger partial charge in [0.15, 0.2) is 5.69 Å². The molecule has 2 heterocycles. The number of rotatable bonds is 5. The van der Waals surface area contributed by atoms with Crippen molar-refractivity contribution in [2.24, 2.45) is 0 Å². The minimum absolute atomic E-state index is 0.231. The van der Waals surface area contributed by atoms with Crippen molar-refractivity contribution in [1.29, 1.82) is 0 Å². The van der Waals surface area contributed by atoms with Crippen molar-refractivity contribution in [3.05, 3.63) is 47.6 Å². The van der Waals surface area contributed by atoms with Gasteiger partial charge in [-0.25, -0.2) is 4.98 Å². The van der Waals surface area contributed by atoms with Crippen LogP contribution in [0.25, 0.3) is 11.0 Å². The lowest BCUT2D eigenvalue weighted by atomic mass is 10.2.